The molecule has 0 bridgehead atoms. The van der Waals surface area contributed by atoms with Crippen LogP contribution < -0.4 is 5.56 Å². The number of carbonyl (C=O) groups is 1. The van der Waals surface area contributed by atoms with Crippen molar-refractivity contribution >= 4 is 49.9 Å². The lowest BCUT2D eigenvalue weighted by Gasteiger charge is -2.13. The lowest BCUT2D eigenvalue weighted by Crippen LogP contribution is -2.22. The van der Waals surface area contributed by atoms with Gasteiger partial charge in [0, 0.05) is 16.5 Å². The van der Waals surface area contributed by atoms with Crippen molar-refractivity contribution in [3.05, 3.63) is 124 Å². The number of thiophene rings is 1. The molecule has 0 spiro atoms. The highest BCUT2D eigenvalue weighted by Gasteiger charge is 2.20. The Morgan fingerprint density at radius 3 is 2.33 bits per heavy atom. The molecule has 6 aromatic rings. The molecule has 0 aliphatic carbocycles. The summed E-state index contributed by atoms with van der Waals surface area (Å²) in [5.74, 6) is 0.178. The average Bonchev–Trinajstić information content (AvgIpc) is 3.37. The zero-order chi connectivity index (χ0) is 24.5. The highest BCUT2D eigenvalue weighted by Crippen LogP contribution is 2.33. The van der Waals surface area contributed by atoms with Gasteiger partial charge in [-0.25, -0.2) is 4.98 Å². The van der Waals surface area contributed by atoms with Crippen LogP contribution in [0, 0.1) is 0 Å². The van der Waals surface area contributed by atoms with Crippen molar-refractivity contribution in [3.63, 3.8) is 0 Å². The Balaban J connectivity index is 1.44. The third-order valence-electron chi connectivity index (χ3n) is 6.10. The van der Waals surface area contributed by atoms with Gasteiger partial charge in [-0.2, -0.15) is 0 Å². The Morgan fingerprint density at radius 2 is 1.53 bits per heavy atom. The Hall–Kier alpha value is -4.00. The minimum absolute atomic E-state index is 0.00177. The van der Waals surface area contributed by atoms with Gasteiger partial charge in [-0.15, -0.1) is 11.3 Å². The molecule has 0 atom stereocenters. The van der Waals surface area contributed by atoms with Gasteiger partial charge in [0.2, 0.25) is 0 Å². The summed E-state index contributed by atoms with van der Waals surface area (Å²) < 4.78 is 1.63. The van der Waals surface area contributed by atoms with Crippen LogP contribution in [-0.2, 0) is 0 Å². The second kappa shape index (κ2) is 9.57. The zero-order valence-corrected chi connectivity index (χ0v) is 20.8. The molecule has 4 aromatic carbocycles. The summed E-state index contributed by atoms with van der Waals surface area (Å²) in [6.07, 6.45) is 0. The Kier molecular flexibility index (Phi) is 5.97. The Labute approximate surface area is 215 Å². The molecular weight excluding hydrogens is 484 g/mol. The van der Waals surface area contributed by atoms with E-state index >= 15 is 0 Å². The molecule has 0 aliphatic rings. The van der Waals surface area contributed by atoms with Crippen LogP contribution in [0.3, 0.4) is 0 Å². The van der Waals surface area contributed by atoms with Crippen LogP contribution in [0.25, 0.3) is 37.8 Å². The van der Waals surface area contributed by atoms with E-state index in [0.717, 1.165) is 27.6 Å². The van der Waals surface area contributed by atoms with Crippen molar-refractivity contribution in [2.45, 2.75) is 5.16 Å². The summed E-state index contributed by atoms with van der Waals surface area (Å²) in [7, 11) is 0. The predicted molar refractivity (Wildman–Crippen MR) is 150 cm³/mol. The number of thioether (sulfide) groups is 1. The molecule has 0 amide bonds. The van der Waals surface area contributed by atoms with Gasteiger partial charge >= 0.3 is 0 Å². The van der Waals surface area contributed by atoms with Crippen molar-refractivity contribution in [1.29, 1.82) is 0 Å². The van der Waals surface area contributed by atoms with Gasteiger partial charge in [0.1, 0.15) is 4.83 Å². The number of hydrogen-bond donors (Lipinski definition) is 0. The number of aromatic nitrogens is 2. The fourth-order valence-corrected chi connectivity index (χ4v) is 6.26. The molecule has 0 radical (unpaired) electrons. The largest absolute Gasteiger partial charge is 0.293 e. The fraction of sp³-hybridized carbons (Fsp3) is 0.0333. The average molecular weight is 505 g/mol. The molecule has 2 aromatic heterocycles. The Bertz CT molecular complexity index is 1770. The molecular formula is C30H20N2O2S2. The van der Waals surface area contributed by atoms with Crippen LogP contribution in [0.1, 0.15) is 10.4 Å². The second-order valence-electron chi connectivity index (χ2n) is 8.30. The van der Waals surface area contributed by atoms with Gasteiger partial charge < -0.3 is 0 Å². The molecule has 174 valence electrons. The maximum atomic E-state index is 13.9. The zero-order valence-electron chi connectivity index (χ0n) is 19.1. The topological polar surface area (TPSA) is 52.0 Å². The van der Waals surface area contributed by atoms with Gasteiger partial charge in [0.25, 0.3) is 5.56 Å². The van der Waals surface area contributed by atoms with Crippen molar-refractivity contribution in [2.24, 2.45) is 0 Å². The molecule has 0 fully saturated rings. The minimum Gasteiger partial charge on any atom is -0.293 e. The normalized spacial score (nSPS) is 11.2. The van der Waals surface area contributed by atoms with Gasteiger partial charge in [0.15, 0.2) is 10.9 Å². The summed E-state index contributed by atoms with van der Waals surface area (Å²) in [5, 5.41) is 5.05. The molecule has 36 heavy (non-hydrogen) atoms. The molecule has 2 heterocycles. The van der Waals surface area contributed by atoms with E-state index in [4.69, 9.17) is 4.98 Å². The monoisotopic (exact) mass is 504 g/mol. The first-order chi connectivity index (χ1) is 17.7. The molecule has 6 heteroatoms. The highest BCUT2D eigenvalue weighted by molar-refractivity contribution is 7.99. The summed E-state index contributed by atoms with van der Waals surface area (Å²) in [4.78, 5) is 32.8. The van der Waals surface area contributed by atoms with E-state index in [-0.39, 0.29) is 17.1 Å². The summed E-state index contributed by atoms with van der Waals surface area (Å²) in [6.45, 7) is 0. The number of ketones is 1. The fourth-order valence-electron chi connectivity index (χ4n) is 4.38. The van der Waals surface area contributed by atoms with Crippen molar-refractivity contribution < 1.29 is 4.79 Å². The number of Topliss-reactive ketones (excluding diaryl/α,β-unsaturated/α-hetero) is 1. The number of para-hydroxylation sites is 1. The predicted octanol–water partition coefficient (Wildman–Crippen LogP) is 7.24. The Morgan fingerprint density at radius 1 is 0.833 bits per heavy atom. The van der Waals surface area contributed by atoms with Gasteiger partial charge in [-0.05, 0) is 28.5 Å². The molecule has 0 saturated carbocycles. The molecule has 0 unspecified atom stereocenters. The number of nitrogens with zero attached hydrogens (tertiary/aromatic N) is 2. The molecule has 0 aliphatic heterocycles. The quantitative estimate of drug-likeness (QED) is 0.136. The van der Waals surface area contributed by atoms with Gasteiger partial charge in [-0.3, -0.25) is 14.2 Å². The van der Waals surface area contributed by atoms with E-state index in [1.54, 1.807) is 4.57 Å². The molecule has 0 saturated heterocycles. The number of benzene rings is 4. The van der Waals surface area contributed by atoms with Crippen LogP contribution in [0.15, 0.2) is 118 Å². The van der Waals surface area contributed by atoms with E-state index in [1.165, 1.54) is 23.1 Å². The smallest absolute Gasteiger partial charge is 0.268 e. The lowest BCUT2D eigenvalue weighted by molar-refractivity contribution is 0.102. The second-order valence-corrected chi connectivity index (χ2v) is 10.1. The maximum Gasteiger partial charge on any atom is 0.268 e. The number of carbonyl (C=O) groups excluding carboxylic acids is 1. The van der Waals surface area contributed by atoms with Crippen LogP contribution >= 0.6 is 23.1 Å². The number of rotatable bonds is 6. The lowest BCUT2D eigenvalue weighted by atomic mass is 10.0. The first kappa shape index (κ1) is 22.5. The van der Waals surface area contributed by atoms with Gasteiger partial charge in [-0.1, -0.05) is 103 Å². The van der Waals surface area contributed by atoms with Gasteiger partial charge in [0.05, 0.1) is 16.8 Å². The molecule has 0 N–H and O–H groups in total. The van der Waals surface area contributed by atoms with Crippen molar-refractivity contribution in [2.75, 3.05) is 5.75 Å². The van der Waals surface area contributed by atoms with Crippen LogP contribution in [-0.4, -0.2) is 21.1 Å². The van der Waals surface area contributed by atoms with E-state index in [0.29, 0.717) is 20.9 Å². The van der Waals surface area contributed by atoms with Crippen LogP contribution in [0.2, 0.25) is 0 Å². The number of fused-ring (bicyclic) bond motifs is 2. The minimum atomic E-state index is -0.133. The highest BCUT2D eigenvalue weighted by atomic mass is 32.2. The molecule has 4 nitrogen and oxygen atoms in total. The summed E-state index contributed by atoms with van der Waals surface area (Å²) in [5.41, 5.74) is 3.13. The standard InChI is InChI=1S/C30H20N2O2S2/c33-26(24-17-9-13-20-12-7-8-16-23(20)24)19-36-30-31-28-27(25(18-35-28)21-10-3-1-4-11-21)29(34)32(30)22-14-5-2-6-15-22/h1-18H,19H2. The van der Waals surface area contributed by atoms with E-state index in [2.05, 4.69) is 0 Å². The maximum absolute atomic E-state index is 13.9. The summed E-state index contributed by atoms with van der Waals surface area (Å²) >= 11 is 2.75. The third-order valence-corrected chi connectivity index (χ3v) is 7.91. The SMILES string of the molecule is O=C(CSc1nc2scc(-c3ccccc3)c2c(=O)n1-c1ccccc1)c1cccc2ccccc12. The van der Waals surface area contributed by atoms with Crippen molar-refractivity contribution in [3.8, 4) is 16.8 Å². The van der Waals surface area contributed by atoms with E-state index < -0.39 is 0 Å². The molecule has 6 rings (SSSR count). The summed E-state index contributed by atoms with van der Waals surface area (Å²) in [6, 6.07) is 33.0. The number of hydrogen-bond acceptors (Lipinski definition) is 5. The first-order valence-electron chi connectivity index (χ1n) is 11.5. The van der Waals surface area contributed by atoms with Crippen LogP contribution in [0.4, 0.5) is 0 Å². The van der Waals surface area contributed by atoms with E-state index in [9.17, 15) is 9.59 Å². The van der Waals surface area contributed by atoms with Crippen molar-refractivity contribution in [1.82, 2.24) is 9.55 Å². The first-order valence-corrected chi connectivity index (χ1v) is 13.4. The van der Waals surface area contributed by atoms with Crippen LogP contribution in [0.5, 0.6) is 0 Å². The third kappa shape index (κ3) is 4.04. The van der Waals surface area contributed by atoms with E-state index in [1.807, 2.05) is 109 Å².